The fourth-order valence-corrected chi connectivity index (χ4v) is 3.52. The highest BCUT2D eigenvalue weighted by atomic mass is 35.5. The summed E-state index contributed by atoms with van der Waals surface area (Å²) in [4.78, 5) is 16.7. The van der Waals surface area contributed by atoms with Crippen LogP contribution in [0.15, 0.2) is 70.1 Å². The van der Waals surface area contributed by atoms with Gasteiger partial charge in [0.2, 0.25) is 0 Å². The number of hydrogen-bond donors (Lipinski definition) is 0. The van der Waals surface area contributed by atoms with Gasteiger partial charge in [-0.2, -0.15) is 10.4 Å². The van der Waals surface area contributed by atoms with Gasteiger partial charge in [0.25, 0.3) is 0 Å². The van der Waals surface area contributed by atoms with Crippen molar-refractivity contribution in [2.24, 2.45) is 0 Å². The van der Waals surface area contributed by atoms with Crippen molar-refractivity contribution in [2.75, 3.05) is 0 Å². The number of fused-ring (bicyclic) bond motifs is 2. The molecule has 3 aromatic heterocycles. The van der Waals surface area contributed by atoms with Gasteiger partial charge in [-0.25, -0.2) is 18.7 Å². The second kappa shape index (κ2) is 6.79. The summed E-state index contributed by atoms with van der Waals surface area (Å²) in [6.07, 6.45) is 3.23. The molecule has 0 radical (unpaired) electrons. The maximum atomic E-state index is 13.2. The van der Waals surface area contributed by atoms with Crippen molar-refractivity contribution >= 4 is 28.2 Å². The SMILES string of the molecule is N#Cc1c(-c2cnc3cc(-c4ccc(F)cc4)nn3c2)c2cc(Cl)ccc2oc1=O. The number of halogens is 2. The first kappa shape index (κ1) is 18.0. The average Bonchev–Trinajstić information content (AvgIpc) is 3.17. The van der Waals surface area contributed by atoms with Gasteiger partial charge in [0.1, 0.15) is 23.0 Å². The molecule has 8 heteroatoms. The van der Waals surface area contributed by atoms with Crippen LogP contribution in [-0.2, 0) is 0 Å². The van der Waals surface area contributed by atoms with Crippen LogP contribution in [0.4, 0.5) is 4.39 Å². The van der Waals surface area contributed by atoms with E-state index in [0.717, 1.165) is 5.56 Å². The van der Waals surface area contributed by atoms with Crippen molar-refractivity contribution in [1.82, 2.24) is 14.6 Å². The maximum Gasteiger partial charge on any atom is 0.354 e. The molecule has 0 unspecified atom stereocenters. The second-order valence-corrected chi connectivity index (χ2v) is 7.01. The van der Waals surface area contributed by atoms with Gasteiger partial charge in [-0.05, 0) is 42.5 Å². The second-order valence-electron chi connectivity index (χ2n) is 6.57. The monoisotopic (exact) mass is 416 g/mol. The zero-order valence-electron chi connectivity index (χ0n) is 15.1. The van der Waals surface area contributed by atoms with E-state index in [1.54, 1.807) is 53.3 Å². The summed E-state index contributed by atoms with van der Waals surface area (Å²) in [5.41, 5.74) is 2.21. The summed E-state index contributed by atoms with van der Waals surface area (Å²) in [5, 5.41) is 15.0. The molecule has 30 heavy (non-hydrogen) atoms. The van der Waals surface area contributed by atoms with E-state index in [1.807, 2.05) is 6.07 Å². The molecule has 0 aliphatic heterocycles. The zero-order chi connectivity index (χ0) is 20.8. The molecule has 0 fully saturated rings. The van der Waals surface area contributed by atoms with Crippen LogP contribution >= 0.6 is 11.6 Å². The maximum absolute atomic E-state index is 13.2. The first-order valence-electron chi connectivity index (χ1n) is 8.82. The molecule has 0 bridgehead atoms. The van der Waals surface area contributed by atoms with Gasteiger partial charge in [0, 0.05) is 45.6 Å². The Hall–Kier alpha value is -4.02. The van der Waals surface area contributed by atoms with Gasteiger partial charge >= 0.3 is 5.63 Å². The molecule has 144 valence electrons. The first-order valence-corrected chi connectivity index (χ1v) is 9.19. The lowest BCUT2D eigenvalue weighted by molar-refractivity contribution is 0.559. The Kier molecular flexibility index (Phi) is 4.09. The molecule has 0 spiro atoms. The molecule has 0 atom stereocenters. The molecular weight excluding hydrogens is 407 g/mol. The van der Waals surface area contributed by atoms with E-state index < -0.39 is 5.63 Å². The summed E-state index contributed by atoms with van der Waals surface area (Å²) >= 11 is 6.13. The van der Waals surface area contributed by atoms with Crippen LogP contribution in [0.1, 0.15) is 5.56 Å². The lowest BCUT2D eigenvalue weighted by Gasteiger charge is -2.08. The molecular formula is C22H10ClFN4O2. The molecule has 2 aromatic carbocycles. The van der Waals surface area contributed by atoms with E-state index in [4.69, 9.17) is 16.0 Å². The number of rotatable bonds is 2. The van der Waals surface area contributed by atoms with Gasteiger partial charge < -0.3 is 4.42 Å². The van der Waals surface area contributed by atoms with Crippen LogP contribution in [0.5, 0.6) is 0 Å². The van der Waals surface area contributed by atoms with Crippen molar-refractivity contribution in [3.05, 3.63) is 87.7 Å². The van der Waals surface area contributed by atoms with Crippen molar-refractivity contribution in [3.63, 3.8) is 0 Å². The highest BCUT2D eigenvalue weighted by molar-refractivity contribution is 6.31. The molecule has 0 saturated heterocycles. The van der Waals surface area contributed by atoms with Crippen LogP contribution in [0.25, 0.3) is 39.0 Å². The predicted octanol–water partition coefficient (Wildman–Crippen LogP) is 4.83. The summed E-state index contributed by atoms with van der Waals surface area (Å²) in [5.74, 6) is -0.333. The predicted molar refractivity (Wildman–Crippen MR) is 110 cm³/mol. The van der Waals surface area contributed by atoms with Gasteiger partial charge in [-0.3, -0.25) is 0 Å². The van der Waals surface area contributed by atoms with Crippen LogP contribution in [0.3, 0.4) is 0 Å². The van der Waals surface area contributed by atoms with Crippen molar-refractivity contribution < 1.29 is 8.81 Å². The van der Waals surface area contributed by atoms with E-state index in [9.17, 15) is 14.4 Å². The normalized spacial score (nSPS) is 11.1. The summed E-state index contributed by atoms with van der Waals surface area (Å²) in [6, 6.07) is 14.5. The molecule has 0 saturated carbocycles. The van der Waals surface area contributed by atoms with Crippen molar-refractivity contribution in [1.29, 1.82) is 5.26 Å². The number of hydrogen-bond acceptors (Lipinski definition) is 5. The average molecular weight is 417 g/mol. The van der Waals surface area contributed by atoms with E-state index in [0.29, 0.717) is 38.5 Å². The molecule has 0 amide bonds. The highest BCUT2D eigenvalue weighted by Gasteiger charge is 2.18. The topological polar surface area (TPSA) is 84.2 Å². The number of aromatic nitrogens is 3. The minimum absolute atomic E-state index is 0.142. The third-order valence-electron chi connectivity index (χ3n) is 4.72. The minimum Gasteiger partial charge on any atom is -0.422 e. The third-order valence-corrected chi connectivity index (χ3v) is 4.96. The molecule has 0 N–H and O–H groups in total. The molecule has 6 nitrogen and oxygen atoms in total. The molecule has 0 aliphatic rings. The number of benzene rings is 2. The van der Waals surface area contributed by atoms with E-state index in [2.05, 4.69) is 10.1 Å². The Balaban J connectivity index is 1.75. The Morgan fingerprint density at radius 1 is 1.10 bits per heavy atom. The lowest BCUT2D eigenvalue weighted by atomic mass is 10.00. The minimum atomic E-state index is -0.741. The highest BCUT2D eigenvalue weighted by Crippen LogP contribution is 2.32. The standard InChI is InChI=1S/C22H10ClFN4O2/c23-14-3-6-19-16(7-14)21(17(9-25)22(29)30-19)13-10-26-20-8-18(27-28(20)11-13)12-1-4-15(24)5-2-12/h1-8,10-11H. The van der Waals surface area contributed by atoms with Gasteiger partial charge in [-0.1, -0.05) is 11.6 Å². The number of nitriles is 1. The van der Waals surface area contributed by atoms with Crippen molar-refractivity contribution in [3.8, 4) is 28.5 Å². The third kappa shape index (κ3) is 2.91. The fourth-order valence-electron chi connectivity index (χ4n) is 3.34. The Morgan fingerprint density at radius 2 is 1.90 bits per heavy atom. The first-order chi connectivity index (χ1) is 14.5. The number of nitrogens with zero attached hydrogens (tertiary/aromatic N) is 4. The summed E-state index contributed by atoms with van der Waals surface area (Å²) in [6.45, 7) is 0. The van der Waals surface area contributed by atoms with Gasteiger partial charge in [0.15, 0.2) is 5.65 Å². The van der Waals surface area contributed by atoms with E-state index in [-0.39, 0.29) is 11.4 Å². The summed E-state index contributed by atoms with van der Waals surface area (Å²) in [7, 11) is 0. The van der Waals surface area contributed by atoms with Crippen LogP contribution < -0.4 is 5.63 Å². The Bertz CT molecular complexity index is 1550. The van der Waals surface area contributed by atoms with Crippen molar-refractivity contribution in [2.45, 2.75) is 0 Å². The zero-order valence-corrected chi connectivity index (χ0v) is 15.9. The molecule has 5 aromatic rings. The summed E-state index contributed by atoms with van der Waals surface area (Å²) < 4.78 is 20.0. The quantitative estimate of drug-likeness (QED) is 0.385. The van der Waals surface area contributed by atoms with Gasteiger partial charge in [-0.15, -0.1) is 0 Å². The van der Waals surface area contributed by atoms with E-state index in [1.165, 1.54) is 12.1 Å². The largest absolute Gasteiger partial charge is 0.422 e. The van der Waals surface area contributed by atoms with E-state index >= 15 is 0 Å². The smallest absolute Gasteiger partial charge is 0.354 e. The van der Waals surface area contributed by atoms with Crippen LogP contribution in [-0.4, -0.2) is 14.6 Å². The Morgan fingerprint density at radius 3 is 2.67 bits per heavy atom. The van der Waals surface area contributed by atoms with Gasteiger partial charge in [0.05, 0.1) is 5.69 Å². The van der Waals surface area contributed by atoms with Crippen LogP contribution in [0.2, 0.25) is 5.02 Å². The van der Waals surface area contributed by atoms with Crippen LogP contribution in [0, 0.1) is 17.1 Å². The molecule has 3 heterocycles. The molecule has 5 rings (SSSR count). The fraction of sp³-hybridized carbons (Fsp3) is 0. The molecule has 0 aliphatic carbocycles. The lowest BCUT2D eigenvalue weighted by Crippen LogP contribution is -2.07. The Labute approximate surface area is 173 Å².